The summed E-state index contributed by atoms with van der Waals surface area (Å²) in [5.74, 6) is -0.284. The number of aliphatic hydroxyl groups is 1. The van der Waals surface area contributed by atoms with Gasteiger partial charge in [0.2, 0.25) is 0 Å². The first-order valence-electron chi connectivity index (χ1n) is 4.83. The van der Waals surface area contributed by atoms with Crippen LogP contribution in [0.2, 0.25) is 0 Å². The fraction of sp³-hybridized carbons (Fsp3) is 0.455. The van der Waals surface area contributed by atoms with Crippen LogP contribution in [0.1, 0.15) is 12.0 Å². The van der Waals surface area contributed by atoms with Crippen LogP contribution in [0.5, 0.6) is 0 Å². The molecule has 0 radical (unpaired) electrons. The number of rotatable bonds is 2. The van der Waals surface area contributed by atoms with Gasteiger partial charge in [0.15, 0.2) is 0 Å². The predicted octanol–water partition coefficient (Wildman–Crippen LogP) is 2.28. The SMILES string of the molecule is OC1(Cc2ccc(F)c(Br)c2)CCOC1. The van der Waals surface area contributed by atoms with E-state index in [1.807, 2.05) is 0 Å². The quantitative estimate of drug-likeness (QED) is 0.897. The Bertz CT molecular complexity index is 362. The third kappa shape index (κ3) is 2.56. The Hall–Kier alpha value is -0.450. The molecule has 1 atom stereocenters. The van der Waals surface area contributed by atoms with Crippen LogP contribution in [0, 0.1) is 5.82 Å². The van der Waals surface area contributed by atoms with Crippen molar-refractivity contribution >= 4 is 15.9 Å². The van der Waals surface area contributed by atoms with Gasteiger partial charge >= 0.3 is 0 Å². The zero-order valence-electron chi connectivity index (χ0n) is 8.17. The Morgan fingerprint density at radius 2 is 2.33 bits per heavy atom. The fourth-order valence-corrected chi connectivity index (χ4v) is 2.19. The normalized spacial score (nSPS) is 25.8. The van der Waals surface area contributed by atoms with Crippen molar-refractivity contribution < 1.29 is 14.2 Å². The highest BCUT2D eigenvalue weighted by Gasteiger charge is 2.32. The topological polar surface area (TPSA) is 29.5 Å². The third-order valence-electron chi connectivity index (χ3n) is 2.60. The van der Waals surface area contributed by atoms with Crippen LogP contribution in [-0.2, 0) is 11.2 Å². The van der Waals surface area contributed by atoms with Crippen LogP contribution >= 0.6 is 15.9 Å². The monoisotopic (exact) mass is 274 g/mol. The second-order valence-electron chi connectivity index (χ2n) is 3.95. The lowest BCUT2D eigenvalue weighted by molar-refractivity contribution is 0.0270. The van der Waals surface area contributed by atoms with E-state index < -0.39 is 5.60 Å². The molecule has 1 unspecified atom stereocenters. The van der Waals surface area contributed by atoms with E-state index in [9.17, 15) is 9.50 Å². The van der Waals surface area contributed by atoms with Gasteiger partial charge in [0.05, 0.1) is 16.7 Å². The van der Waals surface area contributed by atoms with Crippen LogP contribution in [0.15, 0.2) is 22.7 Å². The fourth-order valence-electron chi connectivity index (χ4n) is 1.77. The molecule has 2 rings (SSSR count). The Morgan fingerprint density at radius 3 is 2.93 bits per heavy atom. The molecule has 0 amide bonds. The minimum absolute atomic E-state index is 0.284. The van der Waals surface area contributed by atoms with Crippen molar-refractivity contribution in [2.24, 2.45) is 0 Å². The zero-order chi connectivity index (χ0) is 10.9. The van der Waals surface area contributed by atoms with Gasteiger partial charge in [0.1, 0.15) is 5.82 Å². The highest BCUT2D eigenvalue weighted by molar-refractivity contribution is 9.10. The summed E-state index contributed by atoms with van der Waals surface area (Å²) >= 11 is 3.13. The lowest BCUT2D eigenvalue weighted by Crippen LogP contribution is -2.31. The lowest BCUT2D eigenvalue weighted by atomic mass is 9.94. The molecule has 4 heteroatoms. The average molecular weight is 275 g/mol. The number of ether oxygens (including phenoxy) is 1. The summed E-state index contributed by atoms with van der Waals surface area (Å²) in [6.07, 6.45) is 1.15. The number of hydrogen-bond donors (Lipinski definition) is 1. The van der Waals surface area contributed by atoms with Crippen molar-refractivity contribution in [3.05, 3.63) is 34.1 Å². The van der Waals surface area contributed by atoms with E-state index in [1.54, 1.807) is 12.1 Å². The summed E-state index contributed by atoms with van der Waals surface area (Å²) in [5, 5.41) is 10.1. The van der Waals surface area contributed by atoms with Gasteiger partial charge in [-0.25, -0.2) is 4.39 Å². The molecule has 0 aromatic heterocycles. The first-order chi connectivity index (χ1) is 7.09. The third-order valence-corrected chi connectivity index (χ3v) is 3.21. The number of benzene rings is 1. The van der Waals surface area contributed by atoms with E-state index in [-0.39, 0.29) is 5.82 Å². The van der Waals surface area contributed by atoms with E-state index >= 15 is 0 Å². The summed E-state index contributed by atoms with van der Waals surface area (Å²) < 4.78 is 18.6. The summed E-state index contributed by atoms with van der Waals surface area (Å²) in [4.78, 5) is 0. The molecule has 1 aliphatic heterocycles. The first-order valence-corrected chi connectivity index (χ1v) is 5.62. The summed E-state index contributed by atoms with van der Waals surface area (Å²) in [7, 11) is 0. The predicted molar refractivity (Wildman–Crippen MR) is 58.2 cm³/mol. The molecular weight excluding hydrogens is 263 g/mol. The van der Waals surface area contributed by atoms with Gasteiger partial charge in [-0.1, -0.05) is 6.07 Å². The maximum absolute atomic E-state index is 13.0. The smallest absolute Gasteiger partial charge is 0.137 e. The summed E-state index contributed by atoms with van der Waals surface area (Å²) in [6.45, 7) is 0.959. The minimum atomic E-state index is -0.780. The Morgan fingerprint density at radius 1 is 1.53 bits per heavy atom. The Labute approximate surface area is 96.2 Å². The summed E-state index contributed by atoms with van der Waals surface area (Å²) in [5.41, 5.74) is 0.133. The standard InChI is InChI=1S/C11H12BrFO2/c12-9-5-8(1-2-10(9)13)6-11(14)3-4-15-7-11/h1-2,5,14H,3-4,6-7H2. The Balaban J connectivity index is 2.13. The van der Waals surface area contributed by atoms with Gasteiger partial charge in [-0.05, 0) is 33.6 Å². The van der Waals surface area contributed by atoms with Gasteiger partial charge in [-0.2, -0.15) is 0 Å². The Kier molecular flexibility index (Phi) is 3.09. The first kappa shape index (κ1) is 11.0. The molecule has 2 nitrogen and oxygen atoms in total. The maximum atomic E-state index is 13.0. The molecule has 0 aliphatic carbocycles. The van der Waals surface area contributed by atoms with E-state index in [2.05, 4.69) is 15.9 Å². The lowest BCUT2D eigenvalue weighted by Gasteiger charge is -2.20. The number of hydrogen-bond acceptors (Lipinski definition) is 2. The van der Waals surface area contributed by atoms with E-state index in [1.165, 1.54) is 6.07 Å². The molecule has 1 aliphatic rings. The van der Waals surface area contributed by atoms with E-state index in [0.717, 1.165) is 5.56 Å². The average Bonchev–Trinajstić information content (AvgIpc) is 2.59. The molecule has 1 N–H and O–H groups in total. The molecule has 0 bridgehead atoms. The van der Waals surface area contributed by atoms with Crippen LogP contribution in [0.25, 0.3) is 0 Å². The number of halogens is 2. The van der Waals surface area contributed by atoms with Crippen LogP contribution < -0.4 is 0 Å². The van der Waals surface area contributed by atoms with E-state index in [4.69, 9.17) is 4.74 Å². The highest BCUT2D eigenvalue weighted by atomic mass is 79.9. The van der Waals surface area contributed by atoms with Gasteiger partial charge in [-0.3, -0.25) is 0 Å². The van der Waals surface area contributed by atoms with E-state index in [0.29, 0.717) is 30.5 Å². The van der Waals surface area contributed by atoms with Crippen molar-refractivity contribution in [3.63, 3.8) is 0 Å². The van der Waals surface area contributed by atoms with Gasteiger partial charge in [0.25, 0.3) is 0 Å². The largest absolute Gasteiger partial charge is 0.387 e. The molecule has 1 heterocycles. The van der Waals surface area contributed by atoms with Crippen LogP contribution in [0.3, 0.4) is 0 Å². The maximum Gasteiger partial charge on any atom is 0.137 e. The van der Waals surface area contributed by atoms with Crippen molar-refractivity contribution in [3.8, 4) is 0 Å². The van der Waals surface area contributed by atoms with Crippen LogP contribution in [-0.4, -0.2) is 23.9 Å². The zero-order valence-corrected chi connectivity index (χ0v) is 9.76. The molecule has 15 heavy (non-hydrogen) atoms. The molecule has 1 saturated heterocycles. The van der Waals surface area contributed by atoms with Gasteiger partial charge < -0.3 is 9.84 Å². The second-order valence-corrected chi connectivity index (χ2v) is 4.81. The van der Waals surface area contributed by atoms with Gasteiger partial charge in [0, 0.05) is 19.4 Å². The summed E-state index contributed by atoms with van der Waals surface area (Å²) in [6, 6.07) is 4.79. The molecule has 0 spiro atoms. The minimum Gasteiger partial charge on any atom is -0.387 e. The van der Waals surface area contributed by atoms with Gasteiger partial charge in [-0.15, -0.1) is 0 Å². The van der Waals surface area contributed by atoms with Crippen LogP contribution in [0.4, 0.5) is 4.39 Å². The molecule has 82 valence electrons. The molecule has 0 saturated carbocycles. The molecule has 1 fully saturated rings. The highest BCUT2D eigenvalue weighted by Crippen LogP contribution is 2.25. The molecule has 1 aromatic rings. The van der Waals surface area contributed by atoms with Crippen molar-refractivity contribution in [1.82, 2.24) is 0 Å². The molecular formula is C11H12BrFO2. The molecule has 1 aromatic carbocycles. The van der Waals surface area contributed by atoms with Crippen molar-refractivity contribution in [1.29, 1.82) is 0 Å². The van der Waals surface area contributed by atoms with Crippen molar-refractivity contribution in [2.45, 2.75) is 18.4 Å². The van der Waals surface area contributed by atoms with Crippen molar-refractivity contribution in [2.75, 3.05) is 13.2 Å². The second kappa shape index (κ2) is 4.20.